The minimum atomic E-state index is -1.16. The summed E-state index contributed by atoms with van der Waals surface area (Å²) < 4.78 is 0. The highest BCUT2D eigenvalue weighted by Gasteiger charge is 2.36. The van der Waals surface area contributed by atoms with Gasteiger partial charge in [0.25, 0.3) is 0 Å². The number of aliphatic hydroxyl groups is 8. The van der Waals surface area contributed by atoms with Crippen LogP contribution in [0, 0.1) is 5.92 Å². The summed E-state index contributed by atoms with van der Waals surface area (Å²) in [6.07, 6.45) is -5.11. The number of nitrogens with one attached hydrogen (secondary N) is 1. The summed E-state index contributed by atoms with van der Waals surface area (Å²) >= 11 is 0. The molecule has 22 heavy (non-hydrogen) atoms. The monoisotopic (exact) mass is 325 g/mol. The molecule has 9 heteroatoms. The largest absolute Gasteiger partial charge is 0.396 e. The number of β-amino-alcohol motifs (C(OH)–C–C–N with tert-alkyl or cyclic N) is 1. The summed E-state index contributed by atoms with van der Waals surface area (Å²) in [6, 6.07) is -0.534. The van der Waals surface area contributed by atoms with E-state index in [0.717, 1.165) is 0 Å². The first-order valence-electron chi connectivity index (χ1n) is 7.37. The molecule has 1 saturated heterocycles. The fourth-order valence-electron chi connectivity index (χ4n) is 2.58. The summed E-state index contributed by atoms with van der Waals surface area (Å²) in [7, 11) is 0. The van der Waals surface area contributed by atoms with E-state index in [0.29, 0.717) is 12.8 Å². The van der Waals surface area contributed by atoms with Crippen molar-refractivity contribution in [3.05, 3.63) is 0 Å². The van der Waals surface area contributed by atoms with Crippen LogP contribution >= 0.6 is 0 Å². The summed E-state index contributed by atoms with van der Waals surface area (Å²) in [5.41, 5.74) is 0. The molecule has 2 aliphatic rings. The molecular weight excluding hydrogens is 298 g/mol. The van der Waals surface area contributed by atoms with Gasteiger partial charge in [0, 0.05) is 19.1 Å². The van der Waals surface area contributed by atoms with E-state index in [4.69, 9.17) is 30.6 Å². The Kier molecular flexibility index (Phi) is 8.11. The van der Waals surface area contributed by atoms with E-state index in [9.17, 15) is 10.2 Å². The SMILES string of the molecule is OCC1CCC(O)[C@H](O)[C@@H]1O.OC[C@H]1NCC(O)[C@@H](O)C1O. The highest BCUT2D eigenvalue weighted by Crippen LogP contribution is 2.24. The first-order chi connectivity index (χ1) is 10.3. The second-order valence-electron chi connectivity index (χ2n) is 5.81. The van der Waals surface area contributed by atoms with Gasteiger partial charge in [-0.1, -0.05) is 0 Å². The van der Waals surface area contributed by atoms with Crippen LogP contribution in [0.4, 0.5) is 0 Å². The van der Waals surface area contributed by atoms with Gasteiger partial charge in [0.05, 0.1) is 37.1 Å². The zero-order valence-electron chi connectivity index (χ0n) is 12.2. The lowest BCUT2D eigenvalue weighted by atomic mass is 9.83. The average Bonchev–Trinajstić information content (AvgIpc) is 2.51. The van der Waals surface area contributed by atoms with Crippen LogP contribution in [0.3, 0.4) is 0 Å². The zero-order valence-corrected chi connectivity index (χ0v) is 12.2. The van der Waals surface area contributed by atoms with Gasteiger partial charge in [-0.25, -0.2) is 0 Å². The van der Waals surface area contributed by atoms with Gasteiger partial charge in [-0.05, 0) is 12.8 Å². The molecular formula is C13H27NO8. The molecule has 9 nitrogen and oxygen atoms in total. The van der Waals surface area contributed by atoms with Crippen molar-refractivity contribution in [2.45, 2.75) is 55.5 Å². The number of rotatable bonds is 2. The van der Waals surface area contributed by atoms with E-state index in [1.165, 1.54) is 0 Å². The lowest BCUT2D eigenvalue weighted by Gasteiger charge is -2.34. The van der Waals surface area contributed by atoms with Crippen molar-refractivity contribution < 1.29 is 40.9 Å². The van der Waals surface area contributed by atoms with Crippen molar-refractivity contribution >= 4 is 0 Å². The van der Waals surface area contributed by atoms with Crippen molar-refractivity contribution in [2.24, 2.45) is 5.92 Å². The average molecular weight is 325 g/mol. The van der Waals surface area contributed by atoms with Crippen LogP contribution in [-0.2, 0) is 0 Å². The Balaban J connectivity index is 0.000000220. The van der Waals surface area contributed by atoms with E-state index in [1.54, 1.807) is 0 Å². The van der Waals surface area contributed by atoms with Gasteiger partial charge in [-0.3, -0.25) is 0 Å². The van der Waals surface area contributed by atoms with Gasteiger partial charge in [-0.2, -0.15) is 0 Å². The molecule has 0 bridgehead atoms. The van der Waals surface area contributed by atoms with Crippen molar-refractivity contribution in [3.8, 4) is 0 Å². The number of piperidine rings is 1. The fraction of sp³-hybridized carbons (Fsp3) is 1.00. The molecule has 0 aromatic heterocycles. The zero-order chi connectivity index (χ0) is 16.9. The first kappa shape index (κ1) is 19.7. The van der Waals surface area contributed by atoms with Gasteiger partial charge in [0.15, 0.2) is 0 Å². The predicted octanol–water partition coefficient (Wildman–Crippen LogP) is -4.50. The second kappa shape index (κ2) is 9.06. The third kappa shape index (κ3) is 4.82. The Labute approximate surface area is 128 Å². The molecule has 0 radical (unpaired) electrons. The van der Waals surface area contributed by atoms with Crippen LogP contribution < -0.4 is 5.32 Å². The standard InChI is InChI=1S/C7H14O4.C6H13NO4/c8-3-4-1-2-5(9)7(11)6(4)10;8-2-3-5(10)6(11)4(9)1-7-3/h4-11H,1-3H2;3-11H,1-2H2/t4?,5?,6-,7+;3-,4?,5?,6-/m11/s1. The van der Waals surface area contributed by atoms with Gasteiger partial charge < -0.3 is 46.2 Å². The van der Waals surface area contributed by atoms with Crippen LogP contribution in [0.5, 0.6) is 0 Å². The number of aliphatic hydroxyl groups excluding tert-OH is 8. The molecule has 0 aromatic carbocycles. The first-order valence-corrected chi connectivity index (χ1v) is 7.37. The van der Waals surface area contributed by atoms with E-state index < -0.39 is 42.7 Å². The maximum Gasteiger partial charge on any atom is 0.109 e. The van der Waals surface area contributed by atoms with Crippen LogP contribution in [0.1, 0.15) is 12.8 Å². The highest BCUT2D eigenvalue weighted by atomic mass is 16.4. The minimum Gasteiger partial charge on any atom is -0.396 e. The van der Waals surface area contributed by atoms with Gasteiger partial charge in [0.1, 0.15) is 12.2 Å². The van der Waals surface area contributed by atoms with Gasteiger partial charge >= 0.3 is 0 Å². The van der Waals surface area contributed by atoms with E-state index in [2.05, 4.69) is 5.32 Å². The summed E-state index contributed by atoms with van der Waals surface area (Å²) in [4.78, 5) is 0. The Hall–Kier alpha value is -0.360. The minimum absolute atomic E-state index is 0.134. The van der Waals surface area contributed by atoms with E-state index in [1.807, 2.05) is 0 Å². The third-order valence-electron chi connectivity index (χ3n) is 4.24. The number of hydrogen-bond donors (Lipinski definition) is 9. The molecule has 0 spiro atoms. The van der Waals surface area contributed by atoms with Crippen molar-refractivity contribution in [1.29, 1.82) is 0 Å². The third-order valence-corrected chi connectivity index (χ3v) is 4.24. The van der Waals surface area contributed by atoms with Crippen LogP contribution in [0.25, 0.3) is 0 Å². The molecule has 0 aromatic rings. The molecule has 1 heterocycles. The van der Waals surface area contributed by atoms with E-state index >= 15 is 0 Å². The molecule has 2 fully saturated rings. The fourth-order valence-corrected chi connectivity index (χ4v) is 2.58. The lowest BCUT2D eigenvalue weighted by molar-refractivity contribution is -0.118. The molecule has 4 unspecified atom stereocenters. The molecule has 1 aliphatic carbocycles. The summed E-state index contributed by atoms with van der Waals surface area (Å²) in [5.74, 6) is -0.284. The Bertz CT molecular complexity index is 286. The number of hydrogen-bond acceptors (Lipinski definition) is 9. The molecule has 9 N–H and O–H groups in total. The molecule has 1 aliphatic heterocycles. The van der Waals surface area contributed by atoms with Crippen molar-refractivity contribution in [1.82, 2.24) is 5.32 Å². The predicted molar refractivity (Wildman–Crippen MR) is 74.7 cm³/mol. The molecule has 8 atom stereocenters. The topological polar surface area (TPSA) is 174 Å². The summed E-state index contributed by atoms with van der Waals surface area (Å²) in [5, 5.41) is 74.8. The normalized spacial score (nSPS) is 45.8. The van der Waals surface area contributed by atoms with Crippen LogP contribution in [0.2, 0.25) is 0 Å². The molecule has 132 valence electrons. The molecule has 0 amide bonds. The Morgan fingerprint density at radius 2 is 1.27 bits per heavy atom. The Morgan fingerprint density at radius 3 is 1.82 bits per heavy atom. The van der Waals surface area contributed by atoms with Gasteiger partial charge in [0.2, 0.25) is 0 Å². The lowest BCUT2D eigenvalue weighted by Crippen LogP contribution is -2.60. The second-order valence-corrected chi connectivity index (χ2v) is 5.81. The molecule has 2 rings (SSSR count). The van der Waals surface area contributed by atoms with E-state index in [-0.39, 0.29) is 25.7 Å². The van der Waals surface area contributed by atoms with Crippen molar-refractivity contribution in [2.75, 3.05) is 19.8 Å². The summed E-state index contributed by atoms with van der Waals surface area (Å²) in [6.45, 7) is -0.181. The van der Waals surface area contributed by atoms with Crippen LogP contribution in [0.15, 0.2) is 0 Å². The maximum atomic E-state index is 9.24. The quantitative estimate of drug-likeness (QED) is 0.242. The van der Waals surface area contributed by atoms with Gasteiger partial charge in [-0.15, -0.1) is 0 Å². The van der Waals surface area contributed by atoms with Crippen molar-refractivity contribution in [3.63, 3.8) is 0 Å². The molecule has 1 saturated carbocycles. The Morgan fingerprint density at radius 1 is 0.682 bits per heavy atom. The van der Waals surface area contributed by atoms with Crippen LogP contribution in [-0.4, -0.2) is 103 Å². The smallest absolute Gasteiger partial charge is 0.109 e. The highest BCUT2D eigenvalue weighted by molar-refractivity contribution is 4.91. The maximum absolute atomic E-state index is 9.24.